The number of hydrazine groups is 1. The van der Waals surface area contributed by atoms with Gasteiger partial charge >= 0.3 is 0 Å². The van der Waals surface area contributed by atoms with E-state index >= 15 is 0 Å². The van der Waals surface area contributed by atoms with Gasteiger partial charge in [-0.05, 0) is 43.7 Å². The average Bonchev–Trinajstić information content (AvgIpc) is 2.45. The Morgan fingerprint density at radius 1 is 1.20 bits per heavy atom. The van der Waals surface area contributed by atoms with Gasteiger partial charge in [0.25, 0.3) is 0 Å². The number of benzene rings is 1. The molecule has 0 aromatic heterocycles. The first-order chi connectivity index (χ1) is 9.85. The first-order valence-electron chi connectivity index (χ1n) is 7.62. The molecule has 3 heteroatoms. The molecule has 1 aromatic rings. The van der Waals surface area contributed by atoms with Crippen LogP contribution in [0.25, 0.3) is 0 Å². The number of hydrogen-bond acceptors (Lipinski definition) is 3. The lowest BCUT2D eigenvalue weighted by Gasteiger charge is -2.22. The van der Waals surface area contributed by atoms with E-state index in [1.807, 2.05) is 12.1 Å². The zero-order valence-electron chi connectivity index (χ0n) is 12.4. The van der Waals surface area contributed by atoms with Crippen molar-refractivity contribution in [3.05, 3.63) is 41.5 Å². The number of nitrogens with one attached hydrogen (secondary N) is 1. The molecule has 0 fully saturated rings. The number of hydrogen-bond donors (Lipinski definition) is 2. The van der Waals surface area contributed by atoms with E-state index < -0.39 is 0 Å². The van der Waals surface area contributed by atoms with Gasteiger partial charge in [-0.25, -0.2) is 0 Å². The van der Waals surface area contributed by atoms with Crippen molar-refractivity contribution in [2.45, 2.75) is 51.0 Å². The van der Waals surface area contributed by atoms with Crippen molar-refractivity contribution in [2.24, 2.45) is 5.84 Å². The van der Waals surface area contributed by atoms with E-state index in [0.29, 0.717) is 0 Å². The van der Waals surface area contributed by atoms with Crippen molar-refractivity contribution in [1.29, 1.82) is 0 Å². The molecule has 3 N–H and O–H groups in total. The van der Waals surface area contributed by atoms with E-state index in [0.717, 1.165) is 18.6 Å². The van der Waals surface area contributed by atoms with Crippen LogP contribution >= 0.6 is 0 Å². The number of nitrogens with two attached hydrogens (primary N) is 1. The minimum atomic E-state index is 0.212. The fraction of sp³-hybridized carbons (Fsp3) is 0.529. The van der Waals surface area contributed by atoms with Gasteiger partial charge in [0.2, 0.25) is 0 Å². The molecule has 110 valence electrons. The molecule has 1 unspecified atom stereocenters. The van der Waals surface area contributed by atoms with Crippen LogP contribution in [0, 0.1) is 0 Å². The van der Waals surface area contributed by atoms with Gasteiger partial charge in [0.15, 0.2) is 0 Å². The van der Waals surface area contributed by atoms with Gasteiger partial charge in [0.05, 0.1) is 7.11 Å². The van der Waals surface area contributed by atoms with Crippen LogP contribution < -0.4 is 16.0 Å². The van der Waals surface area contributed by atoms with E-state index in [-0.39, 0.29) is 6.04 Å². The SMILES string of the molecule is COc1ccccc1CC(NN)/C1=C/CCCCCC1. The maximum atomic E-state index is 5.80. The lowest BCUT2D eigenvalue weighted by Crippen LogP contribution is -2.38. The quantitative estimate of drug-likeness (QED) is 0.492. The highest BCUT2D eigenvalue weighted by Crippen LogP contribution is 2.24. The van der Waals surface area contributed by atoms with Gasteiger partial charge in [-0.2, -0.15) is 0 Å². The summed E-state index contributed by atoms with van der Waals surface area (Å²) in [6, 6.07) is 8.40. The lowest BCUT2D eigenvalue weighted by molar-refractivity contribution is 0.406. The number of ether oxygens (including phenoxy) is 1. The molecule has 0 heterocycles. The van der Waals surface area contributed by atoms with Gasteiger partial charge < -0.3 is 4.74 Å². The molecule has 0 spiro atoms. The summed E-state index contributed by atoms with van der Waals surface area (Å²) in [7, 11) is 1.72. The Balaban J connectivity index is 2.11. The second kappa shape index (κ2) is 8.08. The highest BCUT2D eigenvalue weighted by Gasteiger charge is 2.16. The van der Waals surface area contributed by atoms with Crippen LogP contribution in [-0.4, -0.2) is 13.2 Å². The molecule has 0 amide bonds. The minimum absolute atomic E-state index is 0.212. The third-order valence-electron chi connectivity index (χ3n) is 4.09. The Kier molecular flexibility index (Phi) is 6.09. The Labute approximate surface area is 122 Å². The monoisotopic (exact) mass is 274 g/mol. The van der Waals surface area contributed by atoms with Crippen molar-refractivity contribution < 1.29 is 4.74 Å². The number of methoxy groups -OCH3 is 1. The molecule has 0 bridgehead atoms. The molecule has 1 aliphatic carbocycles. The normalized spacial score (nSPS) is 20.4. The van der Waals surface area contributed by atoms with Crippen LogP contribution in [0.4, 0.5) is 0 Å². The minimum Gasteiger partial charge on any atom is -0.496 e. The highest BCUT2D eigenvalue weighted by molar-refractivity contribution is 5.35. The van der Waals surface area contributed by atoms with Crippen LogP contribution in [0.5, 0.6) is 5.75 Å². The van der Waals surface area contributed by atoms with Crippen molar-refractivity contribution >= 4 is 0 Å². The van der Waals surface area contributed by atoms with E-state index in [1.165, 1.54) is 43.2 Å². The second-order valence-corrected chi connectivity index (χ2v) is 5.47. The summed E-state index contributed by atoms with van der Waals surface area (Å²) >= 11 is 0. The lowest BCUT2D eigenvalue weighted by atomic mass is 9.91. The molecule has 3 nitrogen and oxygen atoms in total. The van der Waals surface area contributed by atoms with Gasteiger partial charge in [0, 0.05) is 6.04 Å². The summed E-state index contributed by atoms with van der Waals surface area (Å²) in [5, 5.41) is 0. The zero-order valence-corrected chi connectivity index (χ0v) is 12.4. The maximum Gasteiger partial charge on any atom is 0.122 e. The first-order valence-corrected chi connectivity index (χ1v) is 7.62. The molecule has 0 radical (unpaired) electrons. The molecule has 1 aliphatic rings. The fourth-order valence-corrected chi connectivity index (χ4v) is 2.92. The predicted molar refractivity (Wildman–Crippen MR) is 83.6 cm³/mol. The van der Waals surface area contributed by atoms with Crippen LogP contribution in [0.15, 0.2) is 35.9 Å². The zero-order chi connectivity index (χ0) is 14.2. The van der Waals surface area contributed by atoms with Crippen molar-refractivity contribution in [3.63, 3.8) is 0 Å². The van der Waals surface area contributed by atoms with Gasteiger partial charge in [0.1, 0.15) is 5.75 Å². The first kappa shape index (κ1) is 15.1. The molecule has 0 saturated carbocycles. The summed E-state index contributed by atoms with van der Waals surface area (Å²) in [6.45, 7) is 0. The summed E-state index contributed by atoms with van der Waals surface area (Å²) in [5.41, 5.74) is 5.66. The summed E-state index contributed by atoms with van der Waals surface area (Å²) in [6.07, 6.45) is 10.9. The Bertz CT molecular complexity index is 442. The number of allylic oxidation sites excluding steroid dienone is 1. The van der Waals surface area contributed by atoms with E-state index in [1.54, 1.807) is 7.11 Å². The third kappa shape index (κ3) is 4.09. The van der Waals surface area contributed by atoms with Crippen molar-refractivity contribution in [3.8, 4) is 5.75 Å². The van der Waals surface area contributed by atoms with Crippen LogP contribution in [-0.2, 0) is 6.42 Å². The topological polar surface area (TPSA) is 47.3 Å². The van der Waals surface area contributed by atoms with Gasteiger partial charge in [-0.3, -0.25) is 11.3 Å². The second-order valence-electron chi connectivity index (χ2n) is 5.47. The predicted octanol–water partition coefficient (Wildman–Crippen LogP) is 3.35. The Morgan fingerprint density at radius 3 is 2.80 bits per heavy atom. The summed E-state index contributed by atoms with van der Waals surface area (Å²) in [5.74, 6) is 6.75. The molecular weight excluding hydrogens is 248 g/mol. The molecule has 0 aliphatic heterocycles. The van der Waals surface area contributed by atoms with Gasteiger partial charge in [-0.15, -0.1) is 0 Å². The van der Waals surface area contributed by atoms with Gasteiger partial charge in [-0.1, -0.05) is 42.7 Å². The molecular formula is C17H26N2O. The van der Waals surface area contributed by atoms with Crippen LogP contribution in [0.1, 0.15) is 44.1 Å². The largest absolute Gasteiger partial charge is 0.496 e. The van der Waals surface area contributed by atoms with Crippen molar-refractivity contribution in [2.75, 3.05) is 7.11 Å². The smallest absolute Gasteiger partial charge is 0.122 e. The Morgan fingerprint density at radius 2 is 2.00 bits per heavy atom. The summed E-state index contributed by atoms with van der Waals surface area (Å²) in [4.78, 5) is 0. The van der Waals surface area contributed by atoms with E-state index in [4.69, 9.17) is 10.6 Å². The fourth-order valence-electron chi connectivity index (χ4n) is 2.92. The molecule has 0 saturated heterocycles. The standard InChI is InChI=1S/C17H26N2O/c1-20-17-12-8-7-11-15(17)13-16(19-18)14-9-5-3-2-4-6-10-14/h7-9,11-12,16,19H,2-6,10,13,18H2,1H3/b14-9+. The van der Waals surface area contributed by atoms with Crippen LogP contribution in [0.2, 0.25) is 0 Å². The van der Waals surface area contributed by atoms with E-state index in [9.17, 15) is 0 Å². The third-order valence-corrected chi connectivity index (χ3v) is 4.09. The number of para-hydroxylation sites is 1. The highest BCUT2D eigenvalue weighted by atomic mass is 16.5. The van der Waals surface area contributed by atoms with Crippen molar-refractivity contribution in [1.82, 2.24) is 5.43 Å². The summed E-state index contributed by atoms with van der Waals surface area (Å²) < 4.78 is 5.43. The molecule has 1 aromatic carbocycles. The van der Waals surface area contributed by atoms with E-state index in [2.05, 4.69) is 23.6 Å². The Hall–Kier alpha value is -1.32. The maximum absolute atomic E-state index is 5.80. The molecule has 2 rings (SSSR count). The molecule has 1 atom stereocenters. The van der Waals surface area contributed by atoms with Crippen LogP contribution in [0.3, 0.4) is 0 Å². The number of rotatable bonds is 5. The molecule has 20 heavy (non-hydrogen) atoms. The average molecular weight is 274 g/mol.